The van der Waals surface area contributed by atoms with Crippen molar-refractivity contribution in [3.05, 3.63) is 0 Å². The highest BCUT2D eigenvalue weighted by atomic mass is 15.0. The summed E-state index contributed by atoms with van der Waals surface area (Å²) in [4.78, 5) is 0. The molecule has 0 aromatic heterocycles. The maximum atomic E-state index is 3.87. The van der Waals surface area contributed by atoms with Crippen molar-refractivity contribution in [2.75, 3.05) is 0 Å². The molecule has 0 bridgehead atoms. The van der Waals surface area contributed by atoms with Crippen molar-refractivity contribution in [2.45, 2.75) is 70.4 Å². The predicted octanol–water partition coefficient (Wildman–Crippen LogP) is 3.10. The zero-order valence-corrected chi connectivity index (χ0v) is 8.89. The minimum Gasteiger partial charge on any atom is -0.311 e. The van der Waals surface area contributed by atoms with Gasteiger partial charge in [0.05, 0.1) is 0 Å². The van der Waals surface area contributed by atoms with Gasteiger partial charge in [0, 0.05) is 12.1 Å². The quantitative estimate of drug-likeness (QED) is 0.702. The largest absolute Gasteiger partial charge is 0.311 e. The molecule has 2 aliphatic rings. The van der Waals surface area contributed by atoms with Crippen LogP contribution in [0.15, 0.2) is 0 Å². The van der Waals surface area contributed by atoms with Gasteiger partial charge in [0.15, 0.2) is 0 Å². The molecular weight excluding hydrogens is 158 g/mol. The lowest BCUT2D eigenvalue weighted by Crippen LogP contribution is -2.40. The summed E-state index contributed by atoms with van der Waals surface area (Å²) < 4.78 is 0. The van der Waals surface area contributed by atoms with Crippen molar-refractivity contribution in [2.24, 2.45) is 5.92 Å². The molecule has 0 amide bonds. The average molecular weight is 181 g/mol. The van der Waals surface area contributed by atoms with Gasteiger partial charge in [-0.2, -0.15) is 0 Å². The van der Waals surface area contributed by atoms with Gasteiger partial charge < -0.3 is 5.32 Å². The fraction of sp³-hybridized carbons (Fsp3) is 1.00. The monoisotopic (exact) mass is 181 g/mol. The van der Waals surface area contributed by atoms with E-state index in [0.717, 1.165) is 18.0 Å². The molecule has 0 saturated heterocycles. The Morgan fingerprint density at radius 1 is 1.08 bits per heavy atom. The van der Waals surface area contributed by atoms with Gasteiger partial charge in [-0.15, -0.1) is 0 Å². The average Bonchev–Trinajstić information content (AvgIpc) is 2.99. The van der Waals surface area contributed by atoms with Crippen LogP contribution < -0.4 is 5.32 Å². The van der Waals surface area contributed by atoms with Crippen LogP contribution in [0.3, 0.4) is 0 Å². The summed E-state index contributed by atoms with van der Waals surface area (Å²) in [6.45, 7) is 2.33. The molecule has 0 radical (unpaired) electrons. The first-order chi connectivity index (χ1) is 6.40. The van der Waals surface area contributed by atoms with Gasteiger partial charge in [0.25, 0.3) is 0 Å². The maximum Gasteiger partial charge on any atom is 0.00952 e. The van der Waals surface area contributed by atoms with E-state index in [1.165, 1.54) is 51.4 Å². The Kier molecular flexibility index (Phi) is 3.26. The van der Waals surface area contributed by atoms with Crippen LogP contribution in [0.25, 0.3) is 0 Å². The van der Waals surface area contributed by atoms with E-state index >= 15 is 0 Å². The summed E-state index contributed by atoms with van der Waals surface area (Å²) >= 11 is 0. The molecule has 1 atom stereocenters. The molecule has 0 heterocycles. The third-order valence-corrected chi connectivity index (χ3v) is 3.69. The first kappa shape index (κ1) is 9.51. The zero-order chi connectivity index (χ0) is 9.10. The van der Waals surface area contributed by atoms with Crippen LogP contribution >= 0.6 is 0 Å². The minimum atomic E-state index is 0.850. The second-order valence-corrected chi connectivity index (χ2v) is 4.85. The van der Waals surface area contributed by atoms with Crippen molar-refractivity contribution in [1.29, 1.82) is 0 Å². The molecule has 1 N–H and O–H groups in total. The number of nitrogens with one attached hydrogen (secondary N) is 1. The van der Waals surface area contributed by atoms with Crippen LogP contribution in [0.5, 0.6) is 0 Å². The highest BCUT2D eigenvalue weighted by molar-refractivity contribution is 4.88. The molecule has 13 heavy (non-hydrogen) atoms. The molecule has 0 aromatic carbocycles. The van der Waals surface area contributed by atoms with Crippen LogP contribution in [-0.2, 0) is 0 Å². The molecule has 2 saturated carbocycles. The summed E-state index contributed by atoms with van der Waals surface area (Å²) in [7, 11) is 0. The molecule has 0 spiro atoms. The van der Waals surface area contributed by atoms with E-state index in [2.05, 4.69) is 12.2 Å². The van der Waals surface area contributed by atoms with E-state index in [-0.39, 0.29) is 0 Å². The summed E-state index contributed by atoms with van der Waals surface area (Å²) in [5.74, 6) is 1.03. The molecule has 2 aliphatic carbocycles. The van der Waals surface area contributed by atoms with E-state index in [4.69, 9.17) is 0 Å². The van der Waals surface area contributed by atoms with Gasteiger partial charge in [0.1, 0.15) is 0 Å². The van der Waals surface area contributed by atoms with Gasteiger partial charge >= 0.3 is 0 Å². The third kappa shape index (κ3) is 2.70. The molecule has 0 aliphatic heterocycles. The van der Waals surface area contributed by atoms with Crippen LogP contribution in [0, 0.1) is 5.92 Å². The molecule has 1 heteroatoms. The Morgan fingerprint density at radius 2 is 1.77 bits per heavy atom. The molecule has 1 nitrogen and oxygen atoms in total. The van der Waals surface area contributed by atoms with Crippen LogP contribution in [-0.4, -0.2) is 12.1 Å². The lowest BCUT2D eigenvalue weighted by atomic mass is 9.94. The van der Waals surface area contributed by atoms with Gasteiger partial charge in [-0.1, -0.05) is 26.2 Å². The van der Waals surface area contributed by atoms with E-state index in [9.17, 15) is 0 Å². The Morgan fingerprint density at radius 3 is 2.31 bits per heavy atom. The van der Waals surface area contributed by atoms with Crippen molar-refractivity contribution >= 4 is 0 Å². The molecule has 2 fully saturated rings. The fourth-order valence-corrected chi connectivity index (χ4v) is 2.66. The predicted molar refractivity (Wildman–Crippen MR) is 56.8 cm³/mol. The summed E-state index contributed by atoms with van der Waals surface area (Å²) in [5.41, 5.74) is 0. The Labute approximate surface area is 82.3 Å². The molecule has 0 aromatic rings. The molecule has 2 rings (SSSR count). The second kappa shape index (κ2) is 4.45. The first-order valence-corrected chi connectivity index (χ1v) is 6.16. The third-order valence-electron chi connectivity index (χ3n) is 3.69. The summed E-state index contributed by atoms with van der Waals surface area (Å²) in [6, 6.07) is 1.71. The van der Waals surface area contributed by atoms with Crippen molar-refractivity contribution in [3.63, 3.8) is 0 Å². The van der Waals surface area contributed by atoms with Crippen molar-refractivity contribution in [3.8, 4) is 0 Å². The molecule has 76 valence electrons. The first-order valence-electron chi connectivity index (χ1n) is 6.16. The maximum absolute atomic E-state index is 3.87. The van der Waals surface area contributed by atoms with Gasteiger partial charge in [0.2, 0.25) is 0 Å². The smallest absolute Gasteiger partial charge is 0.00952 e. The zero-order valence-electron chi connectivity index (χ0n) is 8.89. The van der Waals surface area contributed by atoms with Crippen LogP contribution in [0.4, 0.5) is 0 Å². The topological polar surface area (TPSA) is 12.0 Å². The Hall–Kier alpha value is -0.0400. The summed E-state index contributed by atoms with van der Waals surface area (Å²) in [6.07, 6.45) is 11.6. The lowest BCUT2D eigenvalue weighted by Gasteiger charge is -2.28. The van der Waals surface area contributed by atoms with Crippen molar-refractivity contribution in [1.82, 2.24) is 5.32 Å². The Bertz CT molecular complexity index is 145. The van der Waals surface area contributed by atoms with Gasteiger partial charge in [-0.05, 0) is 38.0 Å². The van der Waals surface area contributed by atoms with Gasteiger partial charge in [-0.25, -0.2) is 0 Å². The van der Waals surface area contributed by atoms with Crippen LogP contribution in [0.1, 0.15) is 58.3 Å². The number of hydrogen-bond donors (Lipinski definition) is 1. The lowest BCUT2D eigenvalue weighted by molar-refractivity contribution is 0.315. The minimum absolute atomic E-state index is 0.850. The van der Waals surface area contributed by atoms with E-state index in [1.54, 1.807) is 0 Å². The van der Waals surface area contributed by atoms with Gasteiger partial charge in [-0.3, -0.25) is 0 Å². The highest BCUT2D eigenvalue weighted by Crippen LogP contribution is 2.34. The Balaban J connectivity index is 1.73. The molecule has 1 unspecified atom stereocenters. The normalized spacial score (nSPS) is 27.5. The van der Waals surface area contributed by atoms with E-state index in [1.807, 2.05) is 0 Å². The second-order valence-electron chi connectivity index (χ2n) is 4.85. The van der Waals surface area contributed by atoms with Crippen LogP contribution in [0.2, 0.25) is 0 Å². The number of hydrogen-bond acceptors (Lipinski definition) is 1. The molecular formula is C12H23N. The van der Waals surface area contributed by atoms with Crippen molar-refractivity contribution < 1.29 is 0 Å². The standard InChI is InChI=1S/C12H23N/c1-2-12(10-8-9-10)13-11-6-4-3-5-7-11/h10-13H,2-9H2,1H3. The fourth-order valence-electron chi connectivity index (χ4n) is 2.66. The SMILES string of the molecule is CCC(NC1CCCCC1)C1CC1. The highest BCUT2D eigenvalue weighted by Gasteiger charge is 2.31. The summed E-state index contributed by atoms with van der Waals surface area (Å²) in [5, 5.41) is 3.87. The van der Waals surface area contributed by atoms with E-state index < -0.39 is 0 Å². The number of rotatable bonds is 4. The van der Waals surface area contributed by atoms with E-state index in [0.29, 0.717) is 0 Å².